The molecule has 1 unspecified atom stereocenters. The van der Waals surface area contributed by atoms with Gasteiger partial charge in [-0.25, -0.2) is 4.98 Å². The molecule has 92 valence electrons. The van der Waals surface area contributed by atoms with Crippen molar-refractivity contribution in [3.8, 4) is 0 Å². The number of aliphatic hydroxyl groups is 1. The second-order valence-electron chi connectivity index (χ2n) is 4.03. The molecule has 0 radical (unpaired) electrons. The van der Waals surface area contributed by atoms with Crippen LogP contribution in [0.4, 0.5) is 0 Å². The van der Waals surface area contributed by atoms with Gasteiger partial charge in [-0.1, -0.05) is 23.2 Å². The first kappa shape index (κ1) is 12.6. The van der Waals surface area contributed by atoms with Crippen molar-refractivity contribution >= 4 is 29.1 Å². The van der Waals surface area contributed by atoms with Gasteiger partial charge in [-0.05, 0) is 18.9 Å². The number of likely N-dealkylation sites (tertiary alicyclic amines) is 1. The Bertz CT molecular complexity index is 439. The van der Waals surface area contributed by atoms with Crippen LogP contribution in [0.25, 0.3) is 0 Å². The van der Waals surface area contributed by atoms with Crippen LogP contribution >= 0.6 is 23.2 Å². The van der Waals surface area contributed by atoms with E-state index in [-0.39, 0.29) is 16.1 Å². The Hall–Kier alpha value is -0.840. The molecule has 0 spiro atoms. The zero-order valence-corrected chi connectivity index (χ0v) is 10.6. The van der Waals surface area contributed by atoms with Crippen molar-refractivity contribution in [2.24, 2.45) is 0 Å². The van der Waals surface area contributed by atoms with Crippen LogP contribution in [-0.2, 0) is 0 Å². The van der Waals surface area contributed by atoms with Crippen molar-refractivity contribution in [1.82, 2.24) is 9.88 Å². The largest absolute Gasteiger partial charge is 0.391 e. The molecule has 0 aromatic carbocycles. The molecule has 4 nitrogen and oxygen atoms in total. The Labute approximate surface area is 109 Å². The van der Waals surface area contributed by atoms with Gasteiger partial charge in [-0.2, -0.15) is 0 Å². The van der Waals surface area contributed by atoms with Crippen LogP contribution in [0.2, 0.25) is 10.2 Å². The summed E-state index contributed by atoms with van der Waals surface area (Å²) in [7, 11) is 0. The molecule has 1 amide bonds. The summed E-state index contributed by atoms with van der Waals surface area (Å²) in [6.07, 6.45) is 2.43. The van der Waals surface area contributed by atoms with Crippen LogP contribution in [0.5, 0.6) is 0 Å². The normalized spacial score (nSPS) is 20.4. The molecule has 1 saturated heterocycles. The Balaban J connectivity index is 2.21. The topological polar surface area (TPSA) is 53.4 Å². The van der Waals surface area contributed by atoms with Crippen molar-refractivity contribution in [1.29, 1.82) is 0 Å². The average Bonchev–Trinajstić information content (AvgIpc) is 2.31. The number of amides is 1. The summed E-state index contributed by atoms with van der Waals surface area (Å²) in [5.74, 6) is -0.210. The monoisotopic (exact) mass is 274 g/mol. The highest BCUT2D eigenvalue weighted by molar-refractivity contribution is 6.35. The molecule has 0 bridgehead atoms. The second-order valence-corrected chi connectivity index (χ2v) is 4.83. The average molecular weight is 275 g/mol. The van der Waals surface area contributed by atoms with Crippen molar-refractivity contribution in [3.05, 3.63) is 28.0 Å². The number of piperidine rings is 1. The summed E-state index contributed by atoms with van der Waals surface area (Å²) >= 11 is 11.7. The fourth-order valence-electron chi connectivity index (χ4n) is 1.89. The summed E-state index contributed by atoms with van der Waals surface area (Å²) < 4.78 is 0. The van der Waals surface area contributed by atoms with Crippen molar-refractivity contribution in [2.45, 2.75) is 18.9 Å². The summed E-state index contributed by atoms with van der Waals surface area (Å²) in [5.41, 5.74) is 0.334. The van der Waals surface area contributed by atoms with E-state index in [1.54, 1.807) is 4.90 Å². The number of aliphatic hydroxyl groups excluding tert-OH is 1. The lowest BCUT2D eigenvalue weighted by Crippen LogP contribution is -2.42. The molecule has 6 heteroatoms. The first-order chi connectivity index (χ1) is 8.08. The van der Waals surface area contributed by atoms with Crippen LogP contribution < -0.4 is 0 Å². The minimum absolute atomic E-state index is 0.210. The van der Waals surface area contributed by atoms with Gasteiger partial charge in [0.05, 0.1) is 16.7 Å². The molecule has 1 N–H and O–H groups in total. The van der Waals surface area contributed by atoms with Crippen molar-refractivity contribution in [2.75, 3.05) is 13.1 Å². The first-order valence-corrected chi connectivity index (χ1v) is 6.12. The van der Waals surface area contributed by atoms with E-state index in [2.05, 4.69) is 4.98 Å². The minimum Gasteiger partial charge on any atom is -0.391 e. The van der Waals surface area contributed by atoms with Crippen LogP contribution in [0.3, 0.4) is 0 Å². The fourth-order valence-corrected chi connectivity index (χ4v) is 2.23. The SMILES string of the molecule is O=C(c1cc(Cl)ncc1Cl)N1CCCC(O)C1. The molecular formula is C11H12Cl2N2O2. The molecule has 1 aliphatic heterocycles. The van der Waals surface area contributed by atoms with E-state index in [4.69, 9.17) is 23.2 Å². The van der Waals surface area contributed by atoms with E-state index in [1.165, 1.54) is 12.3 Å². The molecule has 1 aromatic heterocycles. The maximum Gasteiger partial charge on any atom is 0.255 e. The van der Waals surface area contributed by atoms with Gasteiger partial charge in [0.15, 0.2) is 0 Å². The van der Waals surface area contributed by atoms with Gasteiger partial charge in [0.25, 0.3) is 5.91 Å². The number of nitrogens with zero attached hydrogens (tertiary/aromatic N) is 2. The third-order valence-corrected chi connectivity index (χ3v) is 3.24. The van der Waals surface area contributed by atoms with Gasteiger partial charge in [-0.15, -0.1) is 0 Å². The number of pyridine rings is 1. The molecule has 0 aliphatic carbocycles. The first-order valence-electron chi connectivity index (χ1n) is 5.36. The van der Waals surface area contributed by atoms with Gasteiger partial charge in [0.2, 0.25) is 0 Å². The zero-order chi connectivity index (χ0) is 12.4. The maximum atomic E-state index is 12.2. The maximum absolute atomic E-state index is 12.2. The zero-order valence-electron chi connectivity index (χ0n) is 9.07. The van der Waals surface area contributed by atoms with E-state index in [9.17, 15) is 9.90 Å². The second kappa shape index (κ2) is 5.21. The van der Waals surface area contributed by atoms with Gasteiger partial charge < -0.3 is 10.0 Å². The third-order valence-electron chi connectivity index (χ3n) is 2.74. The number of hydrogen-bond acceptors (Lipinski definition) is 3. The van der Waals surface area contributed by atoms with Crippen LogP contribution in [-0.4, -0.2) is 40.1 Å². The molecule has 1 atom stereocenters. The third kappa shape index (κ3) is 2.89. The van der Waals surface area contributed by atoms with Gasteiger partial charge in [0.1, 0.15) is 5.15 Å². The summed E-state index contributed by atoms with van der Waals surface area (Å²) in [6.45, 7) is 0.973. The molecule has 1 fully saturated rings. The molecule has 17 heavy (non-hydrogen) atoms. The lowest BCUT2D eigenvalue weighted by Gasteiger charge is -2.30. The molecule has 2 heterocycles. The number of hydrogen-bond donors (Lipinski definition) is 1. The van der Waals surface area contributed by atoms with E-state index in [0.29, 0.717) is 18.7 Å². The predicted octanol–water partition coefficient (Wildman–Crippen LogP) is 1.99. The van der Waals surface area contributed by atoms with E-state index in [0.717, 1.165) is 12.8 Å². The molecule has 1 aliphatic rings. The Morgan fingerprint density at radius 2 is 2.29 bits per heavy atom. The standard InChI is InChI=1S/C11H12Cl2N2O2/c12-9-5-14-10(13)4-8(9)11(17)15-3-1-2-7(16)6-15/h4-5,7,16H,1-3,6H2. The Morgan fingerprint density at radius 3 is 3.00 bits per heavy atom. The van der Waals surface area contributed by atoms with Crippen LogP contribution in [0.15, 0.2) is 12.3 Å². The van der Waals surface area contributed by atoms with E-state index < -0.39 is 6.10 Å². The van der Waals surface area contributed by atoms with Gasteiger partial charge in [-0.3, -0.25) is 4.79 Å². The molecule has 2 rings (SSSR count). The van der Waals surface area contributed by atoms with E-state index >= 15 is 0 Å². The summed E-state index contributed by atoms with van der Waals surface area (Å²) in [6, 6.07) is 1.45. The highest BCUT2D eigenvalue weighted by atomic mass is 35.5. The van der Waals surface area contributed by atoms with Crippen molar-refractivity contribution in [3.63, 3.8) is 0 Å². The Kier molecular flexibility index (Phi) is 3.86. The molecular weight excluding hydrogens is 263 g/mol. The quantitative estimate of drug-likeness (QED) is 0.797. The Morgan fingerprint density at radius 1 is 1.53 bits per heavy atom. The lowest BCUT2D eigenvalue weighted by molar-refractivity contribution is 0.0474. The number of carbonyl (C=O) groups excluding carboxylic acids is 1. The molecule has 0 saturated carbocycles. The number of aromatic nitrogens is 1. The summed E-state index contributed by atoms with van der Waals surface area (Å²) in [5, 5.41) is 10.0. The predicted molar refractivity (Wildman–Crippen MR) is 65.4 cm³/mol. The van der Waals surface area contributed by atoms with E-state index in [1.807, 2.05) is 0 Å². The van der Waals surface area contributed by atoms with Crippen LogP contribution in [0.1, 0.15) is 23.2 Å². The smallest absolute Gasteiger partial charge is 0.255 e. The van der Waals surface area contributed by atoms with Crippen LogP contribution in [0, 0.1) is 0 Å². The fraction of sp³-hybridized carbons (Fsp3) is 0.455. The minimum atomic E-state index is -0.455. The summed E-state index contributed by atoms with van der Waals surface area (Å²) in [4.78, 5) is 17.5. The highest BCUT2D eigenvalue weighted by Crippen LogP contribution is 2.21. The highest BCUT2D eigenvalue weighted by Gasteiger charge is 2.24. The number of carbonyl (C=O) groups is 1. The van der Waals surface area contributed by atoms with Crippen molar-refractivity contribution < 1.29 is 9.90 Å². The van der Waals surface area contributed by atoms with Gasteiger partial charge >= 0.3 is 0 Å². The number of halogens is 2. The number of rotatable bonds is 1. The molecule has 1 aromatic rings. The lowest BCUT2D eigenvalue weighted by atomic mass is 10.1. The van der Waals surface area contributed by atoms with Gasteiger partial charge in [0, 0.05) is 19.3 Å². The number of β-amino-alcohol motifs (C(OH)–C–C–N with tert-alkyl or cyclic N) is 1.